The molecule has 3 heterocycles. The number of primary amides is 1. The van der Waals surface area contributed by atoms with Crippen molar-refractivity contribution in [2.45, 2.75) is 0 Å². The van der Waals surface area contributed by atoms with E-state index in [0.717, 1.165) is 16.9 Å². The molecule has 0 saturated heterocycles. The highest BCUT2D eigenvalue weighted by atomic mass is 32.1. The van der Waals surface area contributed by atoms with Crippen LogP contribution in [0.4, 0.5) is 5.00 Å². The number of nitrogens with one attached hydrogen (secondary N) is 1. The average molecular weight is 417 g/mol. The number of aromatic nitrogens is 3. The molecule has 2 amide bonds. The van der Waals surface area contributed by atoms with Gasteiger partial charge in [-0.25, -0.2) is 9.97 Å². The summed E-state index contributed by atoms with van der Waals surface area (Å²) in [5.74, 6) is -0.559. The van der Waals surface area contributed by atoms with Crippen LogP contribution in [-0.2, 0) is 0 Å². The summed E-state index contributed by atoms with van der Waals surface area (Å²) in [5, 5.41) is 3.49. The highest BCUT2D eigenvalue weighted by molar-refractivity contribution is 7.19. The summed E-state index contributed by atoms with van der Waals surface area (Å²) in [6, 6.07) is 15.7. The number of hydrogen-bond acceptors (Lipinski definition) is 7. The second kappa shape index (κ2) is 8.50. The fourth-order valence-electron chi connectivity index (χ4n) is 2.61. The van der Waals surface area contributed by atoms with Crippen molar-refractivity contribution in [2.75, 3.05) is 5.32 Å². The molecule has 0 bridgehead atoms. The number of para-hydroxylation sites is 1. The van der Waals surface area contributed by atoms with Gasteiger partial charge in [0, 0.05) is 24.2 Å². The maximum atomic E-state index is 12.9. The first-order chi connectivity index (χ1) is 14.6. The minimum Gasteiger partial charge on any atom is -0.438 e. The SMILES string of the molecule is NC(=O)c1nc(-c2ccncc2)sc1NC(=O)c1cccnc1Oc1ccccc1. The molecule has 0 atom stereocenters. The summed E-state index contributed by atoms with van der Waals surface area (Å²) in [6.45, 7) is 0. The Morgan fingerprint density at radius 1 is 0.967 bits per heavy atom. The van der Waals surface area contributed by atoms with Crippen LogP contribution in [-0.4, -0.2) is 26.8 Å². The molecule has 9 heteroatoms. The van der Waals surface area contributed by atoms with E-state index in [1.54, 1.807) is 48.8 Å². The van der Waals surface area contributed by atoms with Gasteiger partial charge in [-0.3, -0.25) is 14.6 Å². The van der Waals surface area contributed by atoms with Gasteiger partial charge in [-0.1, -0.05) is 29.5 Å². The number of anilines is 1. The van der Waals surface area contributed by atoms with Crippen molar-refractivity contribution in [1.82, 2.24) is 15.0 Å². The number of carbonyl (C=O) groups is 2. The van der Waals surface area contributed by atoms with E-state index in [9.17, 15) is 9.59 Å². The number of rotatable bonds is 6. The van der Waals surface area contributed by atoms with Crippen molar-refractivity contribution in [3.8, 4) is 22.2 Å². The number of pyridine rings is 2. The monoisotopic (exact) mass is 417 g/mol. The van der Waals surface area contributed by atoms with E-state index in [2.05, 4.69) is 20.3 Å². The highest BCUT2D eigenvalue weighted by Crippen LogP contribution is 2.33. The standard InChI is InChI=1S/C21H15N5O3S/c22-17(27)16-21(30-20(25-16)13-8-11-23-12-9-13)26-18(28)15-7-4-10-24-19(15)29-14-5-2-1-3-6-14/h1-12H,(H2,22,27)(H,26,28). The van der Waals surface area contributed by atoms with E-state index in [4.69, 9.17) is 10.5 Å². The Hall–Kier alpha value is -4.11. The van der Waals surface area contributed by atoms with Crippen molar-refractivity contribution >= 4 is 28.2 Å². The molecule has 30 heavy (non-hydrogen) atoms. The van der Waals surface area contributed by atoms with Crippen molar-refractivity contribution in [3.63, 3.8) is 0 Å². The summed E-state index contributed by atoms with van der Waals surface area (Å²) in [7, 11) is 0. The third kappa shape index (κ3) is 4.15. The molecule has 8 nitrogen and oxygen atoms in total. The number of hydrogen-bond donors (Lipinski definition) is 2. The molecule has 0 fully saturated rings. The third-order valence-corrected chi connectivity index (χ3v) is 5.01. The van der Waals surface area contributed by atoms with Crippen LogP contribution < -0.4 is 15.8 Å². The van der Waals surface area contributed by atoms with E-state index in [1.807, 2.05) is 18.2 Å². The normalized spacial score (nSPS) is 10.4. The van der Waals surface area contributed by atoms with Crippen LogP contribution in [0, 0.1) is 0 Å². The molecule has 4 aromatic rings. The largest absolute Gasteiger partial charge is 0.438 e. The van der Waals surface area contributed by atoms with Crippen LogP contribution in [0.25, 0.3) is 10.6 Å². The molecule has 0 aliphatic carbocycles. The molecular weight excluding hydrogens is 402 g/mol. The fourth-order valence-corrected chi connectivity index (χ4v) is 3.58. The Morgan fingerprint density at radius 2 is 1.73 bits per heavy atom. The fraction of sp³-hybridized carbons (Fsp3) is 0. The number of amides is 2. The van der Waals surface area contributed by atoms with Gasteiger partial charge in [0.2, 0.25) is 5.88 Å². The topological polar surface area (TPSA) is 120 Å². The van der Waals surface area contributed by atoms with Crippen LogP contribution >= 0.6 is 11.3 Å². The van der Waals surface area contributed by atoms with E-state index >= 15 is 0 Å². The Bertz CT molecular complexity index is 1200. The summed E-state index contributed by atoms with van der Waals surface area (Å²) in [5.41, 5.74) is 6.40. The van der Waals surface area contributed by atoms with Gasteiger partial charge >= 0.3 is 0 Å². The van der Waals surface area contributed by atoms with E-state index < -0.39 is 11.8 Å². The Balaban J connectivity index is 1.63. The Kier molecular flexibility index (Phi) is 5.44. The van der Waals surface area contributed by atoms with Gasteiger partial charge in [-0.15, -0.1) is 0 Å². The van der Waals surface area contributed by atoms with Crippen molar-refractivity contribution in [2.24, 2.45) is 5.73 Å². The van der Waals surface area contributed by atoms with Gasteiger partial charge in [0.05, 0.1) is 0 Å². The molecule has 0 spiro atoms. The maximum absolute atomic E-state index is 12.9. The Labute approximate surface area is 175 Å². The minimum atomic E-state index is -0.742. The first kappa shape index (κ1) is 19.2. The number of carbonyl (C=O) groups excluding carboxylic acids is 2. The lowest BCUT2D eigenvalue weighted by Crippen LogP contribution is -2.18. The summed E-state index contributed by atoms with van der Waals surface area (Å²) in [6.07, 6.45) is 4.75. The van der Waals surface area contributed by atoms with Crippen LogP contribution in [0.1, 0.15) is 20.8 Å². The summed E-state index contributed by atoms with van der Waals surface area (Å²) < 4.78 is 5.74. The second-order valence-corrected chi connectivity index (χ2v) is 7.02. The van der Waals surface area contributed by atoms with Gasteiger partial charge in [-0.2, -0.15) is 0 Å². The molecule has 148 valence electrons. The molecule has 0 saturated carbocycles. The molecule has 0 aliphatic heterocycles. The summed E-state index contributed by atoms with van der Waals surface area (Å²) >= 11 is 1.14. The smallest absolute Gasteiger partial charge is 0.270 e. The van der Waals surface area contributed by atoms with Crippen LogP contribution in [0.2, 0.25) is 0 Å². The average Bonchev–Trinajstić information content (AvgIpc) is 3.19. The third-order valence-electron chi connectivity index (χ3n) is 3.99. The first-order valence-electron chi connectivity index (χ1n) is 8.82. The molecule has 3 N–H and O–H groups in total. The number of benzene rings is 1. The van der Waals surface area contributed by atoms with Crippen LogP contribution in [0.15, 0.2) is 73.2 Å². The lowest BCUT2D eigenvalue weighted by molar-refractivity contribution is 0.0997. The van der Waals surface area contributed by atoms with Crippen molar-refractivity contribution < 1.29 is 14.3 Å². The van der Waals surface area contributed by atoms with E-state index in [0.29, 0.717) is 10.8 Å². The zero-order valence-corrected chi connectivity index (χ0v) is 16.3. The van der Waals surface area contributed by atoms with Gasteiger partial charge in [-0.05, 0) is 36.4 Å². The lowest BCUT2D eigenvalue weighted by atomic mass is 10.2. The highest BCUT2D eigenvalue weighted by Gasteiger charge is 2.21. The van der Waals surface area contributed by atoms with Gasteiger partial charge in [0.15, 0.2) is 5.69 Å². The molecular formula is C21H15N5O3S. The van der Waals surface area contributed by atoms with E-state index in [1.165, 1.54) is 6.20 Å². The number of nitrogens with zero attached hydrogens (tertiary/aromatic N) is 3. The molecule has 1 aromatic carbocycles. The minimum absolute atomic E-state index is 0.0189. The second-order valence-electron chi connectivity index (χ2n) is 6.02. The van der Waals surface area contributed by atoms with Crippen LogP contribution in [0.3, 0.4) is 0 Å². The lowest BCUT2D eigenvalue weighted by Gasteiger charge is -2.09. The predicted molar refractivity (Wildman–Crippen MR) is 113 cm³/mol. The van der Waals surface area contributed by atoms with Crippen molar-refractivity contribution in [1.29, 1.82) is 0 Å². The zero-order chi connectivity index (χ0) is 20.9. The van der Waals surface area contributed by atoms with Gasteiger partial charge in [0.25, 0.3) is 11.8 Å². The molecule has 0 radical (unpaired) electrons. The van der Waals surface area contributed by atoms with E-state index in [-0.39, 0.29) is 22.1 Å². The summed E-state index contributed by atoms with van der Waals surface area (Å²) in [4.78, 5) is 37.2. The molecule has 0 unspecified atom stereocenters. The molecule has 0 aliphatic rings. The number of ether oxygens (including phenoxy) is 1. The number of thiazole rings is 1. The Morgan fingerprint density at radius 3 is 2.47 bits per heavy atom. The maximum Gasteiger partial charge on any atom is 0.270 e. The van der Waals surface area contributed by atoms with Gasteiger partial charge in [0.1, 0.15) is 21.3 Å². The quantitative estimate of drug-likeness (QED) is 0.493. The molecule has 3 aromatic heterocycles. The zero-order valence-electron chi connectivity index (χ0n) is 15.5. The predicted octanol–water partition coefficient (Wildman–Crippen LogP) is 3.74. The molecule has 4 rings (SSSR count). The first-order valence-corrected chi connectivity index (χ1v) is 9.64. The number of nitrogens with two attached hydrogens (primary N) is 1. The van der Waals surface area contributed by atoms with Crippen LogP contribution in [0.5, 0.6) is 11.6 Å². The van der Waals surface area contributed by atoms with Gasteiger partial charge < -0.3 is 15.8 Å². The van der Waals surface area contributed by atoms with Crippen molar-refractivity contribution in [3.05, 3.63) is 84.4 Å².